The maximum Gasteiger partial charge on any atom is 0.334 e. The summed E-state index contributed by atoms with van der Waals surface area (Å²) in [6.07, 6.45) is 4.07. The first-order chi connectivity index (χ1) is 14.9. The van der Waals surface area contributed by atoms with E-state index in [1.165, 1.54) is 7.11 Å². The summed E-state index contributed by atoms with van der Waals surface area (Å²) in [6.45, 7) is 11.2. The average molecular weight is 445 g/mol. The Morgan fingerprint density at radius 3 is 2.53 bits per heavy atom. The van der Waals surface area contributed by atoms with Crippen LogP contribution >= 0.6 is 0 Å². The number of hydrogen-bond acceptors (Lipinski definition) is 6. The molecule has 1 spiro atoms. The van der Waals surface area contributed by atoms with Crippen molar-refractivity contribution in [3.8, 4) is 0 Å². The highest BCUT2D eigenvalue weighted by Gasteiger charge is 2.76. The van der Waals surface area contributed by atoms with Gasteiger partial charge in [0.25, 0.3) is 0 Å². The summed E-state index contributed by atoms with van der Waals surface area (Å²) in [6, 6.07) is 0. The molecule has 0 saturated heterocycles. The van der Waals surface area contributed by atoms with Crippen LogP contribution in [-0.2, 0) is 19.1 Å². The van der Waals surface area contributed by atoms with Crippen molar-refractivity contribution in [2.24, 2.45) is 34.5 Å². The average Bonchev–Trinajstić information content (AvgIpc) is 3.24. The van der Waals surface area contributed by atoms with Gasteiger partial charge in [0.15, 0.2) is 17.5 Å². The van der Waals surface area contributed by atoms with E-state index < -0.39 is 35.1 Å². The number of ketones is 1. The third-order valence-electron chi connectivity index (χ3n) is 9.08. The van der Waals surface area contributed by atoms with Crippen LogP contribution in [0.3, 0.4) is 0 Å². The molecule has 176 valence electrons. The number of ether oxygens (including phenoxy) is 2. The van der Waals surface area contributed by atoms with Gasteiger partial charge in [0.1, 0.15) is 6.10 Å². The molecule has 4 rings (SSSR count). The maximum absolute atomic E-state index is 14.3. The molecule has 0 aliphatic heterocycles. The van der Waals surface area contributed by atoms with Gasteiger partial charge in [-0.1, -0.05) is 39.0 Å². The van der Waals surface area contributed by atoms with Crippen molar-refractivity contribution in [1.82, 2.24) is 0 Å². The van der Waals surface area contributed by atoms with Gasteiger partial charge < -0.3 is 19.7 Å². The Labute approximate surface area is 190 Å². The lowest BCUT2D eigenvalue weighted by atomic mass is 9.59. The third kappa shape index (κ3) is 2.69. The van der Waals surface area contributed by atoms with Crippen LogP contribution in [-0.4, -0.2) is 53.5 Å². The van der Waals surface area contributed by atoms with E-state index in [-0.39, 0.29) is 29.6 Å². The molecular weight excluding hydrogens is 408 g/mol. The van der Waals surface area contributed by atoms with Gasteiger partial charge in [0.05, 0.1) is 12.0 Å². The van der Waals surface area contributed by atoms with Crippen molar-refractivity contribution in [1.29, 1.82) is 0 Å². The SMILES string of the molecule is C/C=C(/C)C(=O)O[C@H]1C(C)=C[C@]23C(=O)[C@@H](C=C(CO)[C@@H](OC)[C@]12O)[C@H]1[C@@H](C[C@H]3C)C1(C)C. The molecule has 2 bridgehead atoms. The normalized spacial score (nSPS) is 44.5. The maximum atomic E-state index is 14.3. The molecule has 0 amide bonds. The molecule has 6 heteroatoms. The molecule has 0 unspecified atom stereocenters. The van der Waals surface area contributed by atoms with Gasteiger partial charge in [-0.25, -0.2) is 4.79 Å². The lowest BCUT2D eigenvalue weighted by Gasteiger charge is -2.49. The Kier molecular flexibility index (Phi) is 5.39. The molecular formula is C26H36O6. The highest BCUT2D eigenvalue weighted by Crippen LogP contribution is 2.71. The fourth-order valence-corrected chi connectivity index (χ4v) is 7.22. The molecule has 0 aromatic heterocycles. The quantitative estimate of drug-likeness (QED) is 0.393. The van der Waals surface area contributed by atoms with Gasteiger partial charge in [-0.15, -0.1) is 0 Å². The molecule has 0 aromatic rings. The number of rotatable bonds is 4. The van der Waals surface area contributed by atoms with Crippen LogP contribution < -0.4 is 0 Å². The molecule has 0 heterocycles. The van der Waals surface area contributed by atoms with E-state index in [4.69, 9.17) is 9.47 Å². The predicted molar refractivity (Wildman–Crippen MR) is 119 cm³/mol. The predicted octanol–water partition coefficient (Wildman–Crippen LogP) is 2.99. The van der Waals surface area contributed by atoms with Crippen LogP contribution in [0.4, 0.5) is 0 Å². The lowest BCUT2D eigenvalue weighted by Crippen LogP contribution is -2.66. The second kappa shape index (κ2) is 7.37. The standard InChI is InChI=1S/C26H36O6/c1-8-13(2)23(29)32-21-14(3)11-25-15(4)9-18-19(24(18,5)6)17(20(25)28)10-16(12-27)22(31-7)26(21,25)30/h8,10-11,15,17-19,21-22,27,30H,9,12H2,1-7H3/b13-8-/t15-,17+,18-,19+,21+,22-,25+,26-/m1/s1. The number of Topliss-reactive ketones (excluding diaryl/α,β-unsaturated/α-hetero) is 1. The van der Waals surface area contributed by atoms with Crippen molar-refractivity contribution in [2.75, 3.05) is 13.7 Å². The third-order valence-corrected chi connectivity index (χ3v) is 9.08. The van der Waals surface area contributed by atoms with Crippen LogP contribution in [0.1, 0.15) is 48.0 Å². The van der Waals surface area contributed by atoms with E-state index in [1.807, 2.05) is 19.1 Å². The summed E-state index contributed by atoms with van der Waals surface area (Å²) < 4.78 is 11.7. The summed E-state index contributed by atoms with van der Waals surface area (Å²) in [7, 11) is 1.46. The van der Waals surface area contributed by atoms with Crippen molar-refractivity contribution in [3.63, 3.8) is 0 Å². The number of methoxy groups -OCH3 is 1. The number of fused-ring (bicyclic) bond motifs is 3. The van der Waals surface area contributed by atoms with Crippen LogP contribution in [0.15, 0.2) is 34.9 Å². The summed E-state index contributed by atoms with van der Waals surface area (Å²) in [4.78, 5) is 27.1. The molecule has 2 N–H and O–H groups in total. The number of carbonyl (C=O) groups excluding carboxylic acids is 2. The zero-order chi connectivity index (χ0) is 23.8. The van der Waals surface area contributed by atoms with Gasteiger partial charge in [0, 0.05) is 18.6 Å². The van der Waals surface area contributed by atoms with Crippen LogP contribution in [0.2, 0.25) is 0 Å². The van der Waals surface area contributed by atoms with Crippen LogP contribution in [0.25, 0.3) is 0 Å². The van der Waals surface area contributed by atoms with Gasteiger partial charge in [-0.05, 0) is 61.5 Å². The van der Waals surface area contributed by atoms with Gasteiger partial charge >= 0.3 is 5.97 Å². The second-order valence-corrected chi connectivity index (χ2v) is 10.8. The van der Waals surface area contributed by atoms with Crippen molar-refractivity contribution >= 4 is 11.8 Å². The fourth-order valence-electron chi connectivity index (χ4n) is 7.22. The number of hydrogen-bond donors (Lipinski definition) is 2. The molecule has 2 fully saturated rings. The molecule has 8 atom stereocenters. The Morgan fingerprint density at radius 2 is 1.97 bits per heavy atom. The van der Waals surface area contributed by atoms with E-state index in [0.717, 1.165) is 6.42 Å². The molecule has 2 saturated carbocycles. The van der Waals surface area contributed by atoms with Crippen LogP contribution in [0.5, 0.6) is 0 Å². The monoisotopic (exact) mass is 444 g/mol. The van der Waals surface area contributed by atoms with E-state index in [2.05, 4.69) is 13.8 Å². The van der Waals surface area contributed by atoms with Crippen molar-refractivity contribution < 1.29 is 29.3 Å². The number of esters is 1. The van der Waals surface area contributed by atoms with Crippen molar-refractivity contribution in [2.45, 2.75) is 65.8 Å². The first-order valence-corrected chi connectivity index (χ1v) is 11.6. The first kappa shape index (κ1) is 23.4. The van der Waals surface area contributed by atoms with E-state index in [1.54, 1.807) is 26.8 Å². The summed E-state index contributed by atoms with van der Waals surface area (Å²) in [5, 5.41) is 22.8. The fraction of sp³-hybridized carbons (Fsp3) is 0.692. The summed E-state index contributed by atoms with van der Waals surface area (Å²) >= 11 is 0. The Balaban J connectivity index is 1.94. The minimum Gasteiger partial charge on any atom is -0.451 e. The first-order valence-electron chi connectivity index (χ1n) is 11.6. The van der Waals surface area contributed by atoms with Gasteiger partial charge in [-0.2, -0.15) is 0 Å². The summed E-state index contributed by atoms with van der Waals surface area (Å²) in [5.74, 6) is -0.713. The molecule has 32 heavy (non-hydrogen) atoms. The Hall–Kier alpha value is -1.76. The highest BCUT2D eigenvalue weighted by atomic mass is 16.6. The Morgan fingerprint density at radius 1 is 1.31 bits per heavy atom. The number of aliphatic hydroxyl groups excluding tert-OH is 1. The minimum atomic E-state index is -1.85. The largest absolute Gasteiger partial charge is 0.451 e. The van der Waals surface area contributed by atoms with Gasteiger partial charge in [-0.3, -0.25) is 4.79 Å². The molecule has 6 nitrogen and oxygen atoms in total. The molecule has 0 radical (unpaired) electrons. The lowest BCUT2D eigenvalue weighted by molar-refractivity contribution is -0.206. The Bertz CT molecular complexity index is 942. The van der Waals surface area contributed by atoms with Gasteiger partial charge in [0.2, 0.25) is 0 Å². The second-order valence-electron chi connectivity index (χ2n) is 10.8. The zero-order valence-electron chi connectivity index (χ0n) is 20.1. The zero-order valence-corrected chi connectivity index (χ0v) is 20.1. The van der Waals surface area contributed by atoms with Crippen molar-refractivity contribution in [3.05, 3.63) is 34.9 Å². The van der Waals surface area contributed by atoms with E-state index in [9.17, 15) is 19.8 Å². The molecule has 4 aliphatic rings. The molecule has 4 aliphatic carbocycles. The van der Waals surface area contributed by atoms with E-state index >= 15 is 0 Å². The number of aliphatic hydroxyl groups is 2. The minimum absolute atomic E-state index is 0.0184. The summed E-state index contributed by atoms with van der Waals surface area (Å²) in [5.41, 5.74) is -1.57. The molecule has 0 aromatic carbocycles. The smallest absolute Gasteiger partial charge is 0.334 e. The number of allylic oxidation sites excluding steroid dienone is 2. The highest BCUT2D eigenvalue weighted by molar-refractivity contribution is 5.96. The van der Waals surface area contributed by atoms with Crippen LogP contribution in [0, 0.1) is 34.5 Å². The topological polar surface area (TPSA) is 93.1 Å². The number of carbonyl (C=O) groups is 2. The van der Waals surface area contributed by atoms with E-state index in [0.29, 0.717) is 22.6 Å².